The molecule has 3 aromatic rings. The number of aromatic nitrogens is 2. The molecule has 8 aliphatic rings. The number of pyridine rings is 1. The quantitative estimate of drug-likeness (QED) is 0.183. The lowest BCUT2D eigenvalue weighted by atomic mass is 9.83. The van der Waals surface area contributed by atoms with Crippen LogP contribution in [0.2, 0.25) is 0 Å². The fourth-order valence-electron chi connectivity index (χ4n) is 13.3. The minimum absolute atomic E-state index is 0.0121. The number of esters is 1. The van der Waals surface area contributed by atoms with Crippen LogP contribution in [-0.4, -0.2) is 161 Å². The summed E-state index contributed by atoms with van der Waals surface area (Å²) in [6, 6.07) is 7.41. The van der Waals surface area contributed by atoms with Crippen molar-refractivity contribution in [3.63, 3.8) is 0 Å². The van der Waals surface area contributed by atoms with E-state index in [1.807, 2.05) is 50.8 Å². The van der Waals surface area contributed by atoms with Crippen LogP contribution in [0.4, 0.5) is 13.2 Å². The van der Waals surface area contributed by atoms with Crippen molar-refractivity contribution in [3.8, 4) is 11.3 Å². The van der Waals surface area contributed by atoms with E-state index in [2.05, 4.69) is 36.9 Å². The maximum absolute atomic E-state index is 15.1. The van der Waals surface area contributed by atoms with Crippen LogP contribution in [-0.2, 0) is 41.6 Å². The van der Waals surface area contributed by atoms with E-state index >= 15 is 4.79 Å². The molecule has 11 rings (SSSR count). The number of amides is 3. The van der Waals surface area contributed by atoms with Gasteiger partial charge in [-0.25, -0.2) is 5.43 Å². The number of nitrogens with one attached hydrogen (secondary N) is 3. The molecule has 72 heavy (non-hydrogen) atoms. The van der Waals surface area contributed by atoms with E-state index in [0.717, 1.165) is 48.6 Å². The highest BCUT2D eigenvalue weighted by Gasteiger charge is 2.57. The summed E-state index contributed by atoms with van der Waals surface area (Å²) in [5, 5.41) is 8.91. The van der Waals surface area contributed by atoms with Gasteiger partial charge in [0, 0.05) is 66.8 Å². The van der Waals surface area contributed by atoms with Gasteiger partial charge in [0.2, 0.25) is 11.8 Å². The first-order valence-corrected chi connectivity index (χ1v) is 26.8. The van der Waals surface area contributed by atoms with Gasteiger partial charge >= 0.3 is 12.1 Å². The number of hydrogen-bond donors (Lipinski definition) is 3. The van der Waals surface area contributed by atoms with Crippen LogP contribution in [0.5, 0.6) is 0 Å². The summed E-state index contributed by atoms with van der Waals surface area (Å²) < 4.78 is 58.1. The maximum atomic E-state index is 15.1. The first-order chi connectivity index (χ1) is 34.4. The number of alkyl halides is 3. The van der Waals surface area contributed by atoms with Gasteiger partial charge in [-0.2, -0.15) is 13.2 Å². The number of hydrogen-bond acceptors (Lipinski definition) is 11. The largest absolute Gasteiger partial charge is 0.464 e. The van der Waals surface area contributed by atoms with Crippen molar-refractivity contribution < 1.29 is 41.8 Å². The number of halogens is 3. The van der Waals surface area contributed by atoms with E-state index in [1.54, 1.807) is 12.3 Å². The van der Waals surface area contributed by atoms with Crippen LogP contribution in [0.25, 0.3) is 22.2 Å². The van der Waals surface area contributed by atoms with Crippen LogP contribution in [0, 0.1) is 17.3 Å². The van der Waals surface area contributed by atoms with Crippen LogP contribution in [0.3, 0.4) is 0 Å². The Morgan fingerprint density at radius 1 is 0.958 bits per heavy atom. The Hall–Kier alpha value is -4.62. The Morgan fingerprint density at radius 3 is 2.50 bits per heavy atom. The summed E-state index contributed by atoms with van der Waals surface area (Å²) in [5.74, 6) is -0.234. The topological polar surface area (TPSA) is 164 Å². The van der Waals surface area contributed by atoms with Gasteiger partial charge in [0.25, 0.3) is 5.91 Å². The van der Waals surface area contributed by atoms with Gasteiger partial charge in [-0.3, -0.25) is 39.4 Å². The Labute approximate surface area is 420 Å². The van der Waals surface area contributed by atoms with Crippen molar-refractivity contribution >= 4 is 34.6 Å². The van der Waals surface area contributed by atoms with Crippen molar-refractivity contribution in [2.75, 3.05) is 65.6 Å². The molecular formula is C54H72F3N9O6. The summed E-state index contributed by atoms with van der Waals surface area (Å²) in [7, 11) is 0. The zero-order chi connectivity index (χ0) is 50.3. The van der Waals surface area contributed by atoms with Gasteiger partial charge in [-0.05, 0) is 117 Å². The standard InChI is InChI=1S/C54H72F3N9O6/c1-32(2)43-37(11-7-18-58-43)47-39-24-52(3,4)31-71-51(70)40-12-8-19-66(61-40)49(68)41(26-62-20-17-36(25-62)35-15-16-42(38(39)23-35)65(47)30-54(55,56)57)59-48(67)46(34-9-5-6-10-34)63-21-22-72-53(27-63)28-64(29-53)50(69)45-44(60-45)33-13-14-33/h7,11,15-16,18,23,32-34,36,40-41,44-46,60-61H,5-6,8-10,12-14,17,19-22,24-31H2,1-4H3,(H,59,67)/t36-,40+,41+,44-,45-,46+/m1/s1. The molecule has 2 aliphatic carbocycles. The minimum atomic E-state index is -4.52. The second-order valence-electron chi connectivity index (χ2n) is 23.7. The first-order valence-electron chi connectivity index (χ1n) is 26.8. The molecular weight excluding hydrogens is 928 g/mol. The minimum Gasteiger partial charge on any atom is -0.464 e. The fraction of sp³-hybridized carbons (Fsp3) is 0.685. The highest BCUT2D eigenvalue weighted by molar-refractivity contribution is 5.94. The molecule has 390 valence electrons. The predicted molar refractivity (Wildman–Crippen MR) is 263 cm³/mol. The summed E-state index contributed by atoms with van der Waals surface area (Å²) in [6.45, 7) is 11.0. The van der Waals surface area contributed by atoms with Crippen LogP contribution in [0.1, 0.15) is 114 Å². The molecule has 1 aromatic carbocycles. The summed E-state index contributed by atoms with van der Waals surface area (Å²) >= 11 is 0. The number of cyclic esters (lactones) is 1. The molecule has 1 spiro atoms. The molecule has 6 aliphatic heterocycles. The molecule has 8 heterocycles. The zero-order valence-corrected chi connectivity index (χ0v) is 42.3. The van der Waals surface area contributed by atoms with Crippen LogP contribution >= 0.6 is 0 Å². The predicted octanol–water partition coefficient (Wildman–Crippen LogP) is 5.51. The summed E-state index contributed by atoms with van der Waals surface area (Å²) in [6.07, 6.45) is 5.43. The highest BCUT2D eigenvalue weighted by Crippen LogP contribution is 2.45. The molecule has 5 saturated heterocycles. The normalized spacial score (nSPS) is 29.6. The average molecular weight is 1000 g/mol. The molecule has 7 fully saturated rings. The highest BCUT2D eigenvalue weighted by atomic mass is 19.4. The number of fused-ring (bicyclic) bond motifs is 6. The lowest BCUT2D eigenvalue weighted by Crippen LogP contribution is -2.73. The van der Waals surface area contributed by atoms with Crippen LogP contribution < -0.4 is 16.1 Å². The van der Waals surface area contributed by atoms with E-state index in [0.29, 0.717) is 106 Å². The van der Waals surface area contributed by atoms with Crippen molar-refractivity contribution in [3.05, 3.63) is 53.3 Å². The third kappa shape index (κ3) is 10.0. The molecule has 2 aromatic heterocycles. The van der Waals surface area contributed by atoms with Gasteiger partial charge in [0.1, 0.15) is 30.3 Å². The van der Waals surface area contributed by atoms with Gasteiger partial charge in [0.15, 0.2) is 0 Å². The third-order valence-corrected chi connectivity index (χ3v) is 17.0. The second-order valence-corrected chi connectivity index (χ2v) is 23.7. The molecule has 2 saturated carbocycles. The van der Waals surface area contributed by atoms with Crippen molar-refractivity contribution in [2.24, 2.45) is 17.3 Å². The molecule has 6 bridgehead atoms. The van der Waals surface area contributed by atoms with Crippen LogP contribution in [0.15, 0.2) is 36.5 Å². The fourth-order valence-corrected chi connectivity index (χ4v) is 13.3. The number of likely N-dealkylation sites (tertiary alicyclic amines) is 1. The Balaban J connectivity index is 0.896. The zero-order valence-electron chi connectivity index (χ0n) is 42.3. The Kier molecular flexibility index (Phi) is 13.3. The summed E-state index contributed by atoms with van der Waals surface area (Å²) in [4.78, 5) is 68.5. The lowest BCUT2D eigenvalue weighted by Gasteiger charge is -2.55. The number of benzene rings is 1. The van der Waals surface area contributed by atoms with Gasteiger partial charge < -0.3 is 29.2 Å². The molecule has 7 atom stereocenters. The molecule has 3 amide bonds. The number of nitrogens with zero attached hydrogens (tertiary/aromatic N) is 6. The molecule has 0 radical (unpaired) electrons. The second kappa shape index (κ2) is 19.3. The smallest absolute Gasteiger partial charge is 0.406 e. The molecule has 18 heteroatoms. The number of hydrazine groups is 1. The number of carbonyl (C=O) groups is 4. The Bertz CT molecular complexity index is 2570. The number of morpholine rings is 1. The summed E-state index contributed by atoms with van der Waals surface area (Å²) in [5.41, 5.74) is 5.97. The van der Waals surface area contributed by atoms with Gasteiger partial charge in [-0.1, -0.05) is 46.6 Å². The lowest BCUT2D eigenvalue weighted by molar-refractivity contribution is -0.197. The SMILES string of the molecule is CC(C)c1ncccc1-c1c2c3cc(ccc3n1CC(F)(F)F)[C@@H]1CCN(C1)C[C@H](NC(=O)[C@H](C1CCCC1)N1CCOC3(CN(C(=O)[C@@H]4N[C@@H]4C4CC4)C3)C1)C(=O)N1CCC[C@H](N1)C(=O)OCC(C)(C)C2. The third-order valence-electron chi connectivity index (χ3n) is 17.0. The number of rotatable bonds is 9. The van der Waals surface area contributed by atoms with E-state index in [-0.39, 0.29) is 54.7 Å². The van der Waals surface area contributed by atoms with Crippen molar-refractivity contribution in [2.45, 2.75) is 152 Å². The molecule has 1 unspecified atom stereocenters. The number of carbonyl (C=O) groups excluding carboxylic acids is 4. The number of ether oxygens (including phenoxy) is 2. The van der Waals surface area contributed by atoms with E-state index in [4.69, 9.17) is 9.47 Å². The van der Waals surface area contributed by atoms with E-state index < -0.39 is 47.8 Å². The molecule has 3 N–H and O–H groups in total. The Morgan fingerprint density at radius 2 is 1.75 bits per heavy atom. The average Bonchev–Trinajstić information content (AvgIpc) is 4.21. The van der Waals surface area contributed by atoms with Gasteiger partial charge in [0.05, 0.1) is 43.7 Å². The maximum Gasteiger partial charge on any atom is 0.406 e. The first kappa shape index (κ1) is 49.6. The van der Waals surface area contributed by atoms with E-state index in [1.165, 1.54) is 22.4 Å². The van der Waals surface area contributed by atoms with Crippen molar-refractivity contribution in [1.82, 2.24) is 45.3 Å². The monoisotopic (exact) mass is 1000 g/mol. The van der Waals surface area contributed by atoms with E-state index in [9.17, 15) is 27.6 Å². The van der Waals surface area contributed by atoms with Crippen molar-refractivity contribution in [1.29, 1.82) is 0 Å². The molecule has 15 nitrogen and oxygen atoms in total. The van der Waals surface area contributed by atoms with Gasteiger partial charge in [-0.15, -0.1) is 0 Å².